The van der Waals surface area contributed by atoms with Gasteiger partial charge < -0.3 is 15.2 Å². The Bertz CT molecular complexity index is 181. The molecule has 0 aromatic heterocycles. The number of nitrogens with one attached hydrogen (secondary N) is 1. The zero-order valence-corrected chi connectivity index (χ0v) is 7.87. The van der Waals surface area contributed by atoms with Gasteiger partial charge in [0.1, 0.15) is 6.04 Å². The van der Waals surface area contributed by atoms with Crippen molar-refractivity contribution in [2.75, 3.05) is 6.61 Å². The van der Waals surface area contributed by atoms with Crippen LogP contribution in [0, 0.1) is 0 Å². The van der Waals surface area contributed by atoms with Crippen molar-refractivity contribution in [1.29, 1.82) is 0 Å². The summed E-state index contributed by atoms with van der Waals surface area (Å²) in [6.45, 7) is 3.68. The van der Waals surface area contributed by atoms with E-state index in [1.165, 1.54) is 6.92 Å². The maximum absolute atomic E-state index is 10.8. The quantitative estimate of drug-likeness (QED) is 0.632. The first-order valence-corrected chi connectivity index (χ1v) is 4.24. The minimum absolute atomic E-state index is 0.328. The molecule has 5 nitrogen and oxygen atoms in total. The Hall–Kier alpha value is -1.26. The molecule has 0 aliphatic rings. The van der Waals surface area contributed by atoms with Gasteiger partial charge in [0.2, 0.25) is 0 Å². The number of alkyl carbamates (subject to hydrolysis) is 1. The van der Waals surface area contributed by atoms with Crippen LogP contribution < -0.4 is 5.32 Å². The Morgan fingerprint density at radius 1 is 1.54 bits per heavy atom. The zero-order valence-electron chi connectivity index (χ0n) is 7.87. The molecular formula is C8H15NO4. The van der Waals surface area contributed by atoms with Gasteiger partial charge in [-0.3, -0.25) is 4.79 Å². The lowest BCUT2D eigenvalue weighted by atomic mass is 10.3. The van der Waals surface area contributed by atoms with Gasteiger partial charge in [-0.05, 0) is 13.3 Å². The largest absolute Gasteiger partial charge is 0.480 e. The number of hydrogen-bond donors (Lipinski definition) is 2. The highest BCUT2D eigenvalue weighted by atomic mass is 16.5. The summed E-state index contributed by atoms with van der Waals surface area (Å²) in [5, 5.41) is 10.6. The van der Waals surface area contributed by atoms with Crippen LogP contribution in [0.25, 0.3) is 0 Å². The predicted octanol–water partition coefficient (Wildman–Crippen LogP) is 0.986. The number of carboxylic acid groups (broad SMARTS) is 1. The van der Waals surface area contributed by atoms with Crippen LogP contribution in [0.2, 0.25) is 0 Å². The SMILES string of the molecule is CCCCOC(=O)N[C@H](C)C(=O)O. The average molecular weight is 189 g/mol. The van der Waals surface area contributed by atoms with Crippen LogP contribution in [-0.2, 0) is 9.53 Å². The molecule has 0 heterocycles. The smallest absolute Gasteiger partial charge is 0.407 e. The van der Waals surface area contributed by atoms with Gasteiger partial charge >= 0.3 is 12.1 Å². The van der Waals surface area contributed by atoms with Gasteiger partial charge in [-0.1, -0.05) is 13.3 Å². The van der Waals surface area contributed by atoms with Crippen LogP contribution in [0.15, 0.2) is 0 Å². The Kier molecular flexibility index (Phi) is 5.67. The van der Waals surface area contributed by atoms with E-state index in [2.05, 4.69) is 10.1 Å². The highest BCUT2D eigenvalue weighted by Crippen LogP contribution is 1.89. The summed E-state index contributed by atoms with van der Waals surface area (Å²) in [6, 6.07) is -0.908. The minimum Gasteiger partial charge on any atom is -0.480 e. The molecule has 0 fully saturated rings. The van der Waals surface area contributed by atoms with Gasteiger partial charge in [-0.15, -0.1) is 0 Å². The first-order valence-electron chi connectivity index (χ1n) is 4.24. The number of carboxylic acids is 1. The Balaban J connectivity index is 3.56. The van der Waals surface area contributed by atoms with E-state index >= 15 is 0 Å². The van der Waals surface area contributed by atoms with E-state index in [-0.39, 0.29) is 0 Å². The summed E-state index contributed by atoms with van der Waals surface area (Å²) in [6.07, 6.45) is 1.04. The molecule has 0 aromatic rings. The van der Waals surface area contributed by atoms with Gasteiger partial charge in [0, 0.05) is 0 Å². The van der Waals surface area contributed by atoms with Crippen LogP contribution in [0.5, 0.6) is 0 Å². The summed E-state index contributed by atoms with van der Waals surface area (Å²) >= 11 is 0. The van der Waals surface area contributed by atoms with E-state index in [1.54, 1.807) is 0 Å². The molecule has 0 radical (unpaired) electrons. The number of rotatable bonds is 5. The van der Waals surface area contributed by atoms with Gasteiger partial charge in [0.25, 0.3) is 0 Å². The van der Waals surface area contributed by atoms with Crippen molar-refractivity contribution in [3.63, 3.8) is 0 Å². The zero-order chi connectivity index (χ0) is 10.3. The van der Waals surface area contributed by atoms with E-state index in [9.17, 15) is 9.59 Å². The summed E-state index contributed by atoms with van der Waals surface area (Å²) in [5.41, 5.74) is 0. The van der Waals surface area contributed by atoms with Crippen LogP contribution in [0.1, 0.15) is 26.7 Å². The molecule has 5 heteroatoms. The molecule has 1 atom stereocenters. The normalized spacial score (nSPS) is 11.8. The number of carbonyl (C=O) groups is 2. The molecule has 0 saturated heterocycles. The maximum atomic E-state index is 10.8. The lowest BCUT2D eigenvalue weighted by Gasteiger charge is -2.09. The fraction of sp³-hybridized carbons (Fsp3) is 0.750. The maximum Gasteiger partial charge on any atom is 0.407 e. The first-order chi connectivity index (χ1) is 6.07. The number of ether oxygens (including phenoxy) is 1. The number of amides is 1. The van der Waals surface area contributed by atoms with E-state index in [0.29, 0.717) is 6.61 Å². The Labute approximate surface area is 77.1 Å². The third-order valence-electron chi connectivity index (χ3n) is 1.44. The summed E-state index contributed by atoms with van der Waals surface area (Å²) < 4.78 is 4.69. The number of hydrogen-bond acceptors (Lipinski definition) is 3. The average Bonchev–Trinajstić information content (AvgIpc) is 2.04. The lowest BCUT2D eigenvalue weighted by molar-refractivity contribution is -0.138. The van der Waals surface area contributed by atoms with Gasteiger partial charge in [-0.2, -0.15) is 0 Å². The molecule has 1 amide bonds. The molecule has 2 N–H and O–H groups in total. The molecular weight excluding hydrogens is 174 g/mol. The molecule has 0 saturated carbocycles. The van der Waals surface area contributed by atoms with E-state index < -0.39 is 18.1 Å². The minimum atomic E-state index is -1.08. The van der Waals surface area contributed by atoms with Crippen molar-refractivity contribution in [1.82, 2.24) is 5.32 Å². The van der Waals surface area contributed by atoms with Crippen molar-refractivity contribution < 1.29 is 19.4 Å². The van der Waals surface area contributed by atoms with Crippen molar-refractivity contribution >= 4 is 12.1 Å². The van der Waals surface area contributed by atoms with Crippen LogP contribution >= 0.6 is 0 Å². The van der Waals surface area contributed by atoms with Crippen LogP contribution in [0.3, 0.4) is 0 Å². The van der Waals surface area contributed by atoms with Crippen molar-refractivity contribution in [3.8, 4) is 0 Å². The van der Waals surface area contributed by atoms with E-state index in [0.717, 1.165) is 12.8 Å². The Morgan fingerprint density at radius 2 is 2.15 bits per heavy atom. The van der Waals surface area contributed by atoms with Crippen LogP contribution in [0.4, 0.5) is 4.79 Å². The predicted molar refractivity (Wildman–Crippen MR) is 46.5 cm³/mol. The second-order valence-electron chi connectivity index (χ2n) is 2.69. The molecule has 0 aromatic carbocycles. The molecule has 0 rings (SSSR count). The number of aliphatic carboxylic acids is 1. The topological polar surface area (TPSA) is 75.6 Å². The summed E-state index contributed by atoms with van der Waals surface area (Å²) in [4.78, 5) is 21.1. The summed E-state index contributed by atoms with van der Waals surface area (Å²) in [7, 11) is 0. The monoisotopic (exact) mass is 189 g/mol. The molecule has 76 valence electrons. The summed E-state index contributed by atoms with van der Waals surface area (Å²) in [5.74, 6) is -1.08. The molecule has 0 unspecified atom stereocenters. The fourth-order valence-electron chi connectivity index (χ4n) is 0.589. The van der Waals surface area contributed by atoms with E-state index in [4.69, 9.17) is 5.11 Å². The van der Waals surface area contributed by atoms with Crippen molar-refractivity contribution in [2.45, 2.75) is 32.7 Å². The standard InChI is InChI=1S/C8H15NO4/c1-3-4-5-13-8(12)9-6(2)7(10)11/h6H,3-5H2,1-2H3,(H,9,12)(H,10,11)/t6-/m1/s1. The highest BCUT2D eigenvalue weighted by molar-refractivity contribution is 5.79. The van der Waals surface area contributed by atoms with Gasteiger partial charge in [-0.25, -0.2) is 4.79 Å². The van der Waals surface area contributed by atoms with Gasteiger partial charge in [0.05, 0.1) is 6.61 Å². The second-order valence-corrected chi connectivity index (χ2v) is 2.69. The van der Waals surface area contributed by atoms with Crippen LogP contribution in [-0.4, -0.2) is 29.8 Å². The molecule has 0 aliphatic heterocycles. The van der Waals surface area contributed by atoms with E-state index in [1.807, 2.05) is 6.92 Å². The van der Waals surface area contributed by atoms with Gasteiger partial charge in [0.15, 0.2) is 0 Å². The van der Waals surface area contributed by atoms with Crippen molar-refractivity contribution in [2.24, 2.45) is 0 Å². The molecule has 0 spiro atoms. The Morgan fingerprint density at radius 3 is 2.62 bits per heavy atom. The molecule has 0 aliphatic carbocycles. The molecule has 0 bridgehead atoms. The number of carbonyl (C=O) groups excluding carboxylic acids is 1. The number of unbranched alkanes of at least 4 members (excludes halogenated alkanes) is 1. The first kappa shape index (κ1) is 11.7. The third kappa shape index (κ3) is 5.95. The fourth-order valence-corrected chi connectivity index (χ4v) is 0.589. The van der Waals surface area contributed by atoms with Crippen molar-refractivity contribution in [3.05, 3.63) is 0 Å². The lowest BCUT2D eigenvalue weighted by Crippen LogP contribution is -2.38. The second kappa shape index (κ2) is 6.28. The molecule has 13 heavy (non-hydrogen) atoms. The third-order valence-corrected chi connectivity index (χ3v) is 1.44. The highest BCUT2D eigenvalue weighted by Gasteiger charge is 2.13.